The van der Waals surface area contributed by atoms with Gasteiger partial charge in [-0.15, -0.1) is 0 Å². The molecule has 0 radical (unpaired) electrons. The Balaban J connectivity index is 2.67. The standard InChI is InChI=1S/C13H22N2O2/c1-10(2)9-17-7-6-15-11(3)4-5-12(8-14)13(15)16/h4-5,10H,6-9,14H2,1-3H3. The third-order valence-corrected chi connectivity index (χ3v) is 2.60. The van der Waals surface area contributed by atoms with E-state index in [1.54, 1.807) is 10.6 Å². The fourth-order valence-electron chi connectivity index (χ4n) is 1.62. The molecule has 0 bridgehead atoms. The van der Waals surface area contributed by atoms with E-state index in [9.17, 15) is 4.79 Å². The minimum absolute atomic E-state index is 0.000599. The van der Waals surface area contributed by atoms with Crippen LogP contribution < -0.4 is 11.3 Å². The van der Waals surface area contributed by atoms with Crippen LogP contribution in [-0.4, -0.2) is 17.8 Å². The molecule has 0 aliphatic rings. The lowest BCUT2D eigenvalue weighted by Crippen LogP contribution is -2.28. The van der Waals surface area contributed by atoms with E-state index in [-0.39, 0.29) is 12.1 Å². The van der Waals surface area contributed by atoms with Gasteiger partial charge in [-0.3, -0.25) is 4.79 Å². The second-order valence-corrected chi connectivity index (χ2v) is 4.63. The van der Waals surface area contributed by atoms with Gasteiger partial charge in [-0.25, -0.2) is 0 Å². The molecule has 96 valence electrons. The van der Waals surface area contributed by atoms with Crippen LogP contribution in [0.3, 0.4) is 0 Å². The van der Waals surface area contributed by atoms with Crippen LogP contribution in [0.2, 0.25) is 0 Å². The van der Waals surface area contributed by atoms with Gasteiger partial charge in [0.1, 0.15) is 0 Å². The van der Waals surface area contributed by atoms with Gasteiger partial charge in [-0.2, -0.15) is 0 Å². The average Bonchev–Trinajstić information content (AvgIpc) is 2.27. The maximum atomic E-state index is 12.0. The number of rotatable bonds is 6. The molecule has 0 aliphatic heterocycles. The average molecular weight is 238 g/mol. The maximum absolute atomic E-state index is 12.0. The Bertz CT molecular complexity index is 410. The second kappa shape index (κ2) is 6.57. The Labute approximate surface area is 102 Å². The van der Waals surface area contributed by atoms with E-state index in [0.29, 0.717) is 24.6 Å². The lowest BCUT2D eigenvalue weighted by molar-refractivity contribution is 0.102. The summed E-state index contributed by atoms with van der Waals surface area (Å²) in [6.45, 7) is 8.29. The molecule has 2 N–H and O–H groups in total. The van der Waals surface area contributed by atoms with Crippen molar-refractivity contribution >= 4 is 0 Å². The number of ether oxygens (including phenoxy) is 1. The summed E-state index contributed by atoms with van der Waals surface area (Å²) in [6, 6.07) is 3.72. The minimum atomic E-state index is 0.000599. The molecule has 0 spiro atoms. The second-order valence-electron chi connectivity index (χ2n) is 4.63. The molecule has 0 fully saturated rings. The van der Waals surface area contributed by atoms with Gasteiger partial charge in [-0.05, 0) is 18.9 Å². The van der Waals surface area contributed by atoms with Gasteiger partial charge in [-0.1, -0.05) is 19.9 Å². The number of hydrogen-bond acceptors (Lipinski definition) is 3. The molecule has 4 heteroatoms. The van der Waals surface area contributed by atoms with Gasteiger partial charge in [0.25, 0.3) is 5.56 Å². The Hall–Kier alpha value is -1.13. The van der Waals surface area contributed by atoms with Crippen molar-refractivity contribution in [3.63, 3.8) is 0 Å². The SMILES string of the molecule is Cc1ccc(CN)c(=O)n1CCOCC(C)C. The van der Waals surface area contributed by atoms with Crippen molar-refractivity contribution in [3.8, 4) is 0 Å². The molecule has 0 saturated heterocycles. The van der Waals surface area contributed by atoms with Crippen molar-refractivity contribution in [2.45, 2.75) is 33.9 Å². The van der Waals surface area contributed by atoms with Gasteiger partial charge < -0.3 is 15.0 Å². The molecule has 0 atom stereocenters. The Morgan fingerprint density at radius 2 is 2.12 bits per heavy atom. The van der Waals surface area contributed by atoms with Crippen LogP contribution in [0.15, 0.2) is 16.9 Å². The van der Waals surface area contributed by atoms with Crippen LogP contribution in [0.25, 0.3) is 0 Å². The largest absolute Gasteiger partial charge is 0.379 e. The summed E-state index contributed by atoms with van der Waals surface area (Å²) in [5, 5.41) is 0. The number of hydrogen-bond donors (Lipinski definition) is 1. The molecular formula is C13H22N2O2. The van der Waals surface area contributed by atoms with Crippen molar-refractivity contribution in [2.24, 2.45) is 11.7 Å². The van der Waals surface area contributed by atoms with Crippen LogP contribution in [0, 0.1) is 12.8 Å². The lowest BCUT2D eigenvalue weighted by atomic mass is 10.2. The Morgan fingerprint density at radius 3 is 2.71 bits per heavy atom. The van der Waals surface area contributed by atoms with Crippen LogP contribution >= 0.6 is 0 Å². The summed E-state index contributed by atoms with van der Waals surface area (Å²) in [7, 11) is 0. The number of aryl methyl sites for hydroxylation is 1. The van der Waals surface area contributed by atoms with Crippen molar-refractivity contribution in [1.82, 2.24) is 4.57 Å². The van der Waals surface area contributed by atoms with E-state index in [1.807, 2.05) is 13.0 Å². The highest BCUT2D eigenvalue weighted by Crippen LogP contribution is 1.99. The molecule has 1 aromatic heterocycles. The van der Waals surface area contributed by atoms with Crippen LogP contribution in [0.4, 0.5) is 0 Å². The van der Waals surface area contributed by atoms with E-state index in [4.69, 9.17) is 10.5 Å². The number of nitrogens with two attached hydrogens (primary N) is 1. The number of nitrogens with zero attached hydrogens (tertiary/aromatic N) is 1. The normalized spacial score (nSPS) is 11.1. The summed E-state index contributed by atoms with van der Waals surface area (Å²) < 4.78 is 7.22. The maximum Gasteiger partial charge on any atom is 0.255 e. The van der Waals surface area contributed by atoms with Crippen molar-refractivity contribution in [3.05, 3.63) is 33.7 Å². The highest BCUT2D eigenvalue weighted by atomic mass is 16.5. The fourth-order valence-corrected chi connectivity index (χ4v) is 1.62. The highest BCUT2D eigenvalue weighted by Gasteiger charge is 2.04. The predicted molar refractivity (Wildman–Crippen MR) is 69.0 cm³/mol. The first kappa shape index (κ1) is 13.9. The van der Waals surface area contributed by atoms with Gasteiger partial charge >= 0.3 is 0 Å². The first-order valence-corrected chi connectivity index (χ1v) is 6.03. The van der Waals surface area contributed by atoms with Crippen molar-refractivity contribution < 1.29 is 4.74 Å². The molecule has 0 aromatic carbocycles. The third-order valence-electron chi connectivity index (χ3n) is 2.60. The van der Waals surface area contributed by atoms with Crippen LogP contribution in [0.5, 0.6) is 0 Å². The smallest absolute Gasteiger partial charge is 0.255 e. The van der Waals surface area contributed by atoms with E-state index in [1.165, 1.54) is 0 Å². The summed E-state index contributed by atoms with van der Waals surface area (Å²) in [5.74, 6) is 0.517. The molecule has 1 aromatic rings. The molecule has 1 heterocycles. The Kier molecular flexibility index (Phi) is 5.38. The molecule has 0 unspecified atom stereocenters. The fraction of sp³-hybridized carbons (Fsp3) is 0.615. The first-order valence-electron chi connectivity index (χ1n) is 6.03. The highest BCUT2D eigenvalue weighted by molar-refractivity contribution is 5.15. The van der Waals surface area contributed by atoms with Gasteiger partial charge in [0.15, 0.2) is 0 Å². The topological polar surface area (TPSA) is 57.2 Å². The quantitative estimate of drug-likeness (QED) is 0.760. The van der Waals surface area contributed by atoms with E-state index >= 15 is 0 Å². The zero-order chi connectivity index (χ0) is 12.8. The van der Waals surface area contributed by atoms with E-state index in [2.05, 4.69) is 13.8 Å². The zero-order valence-corrected chi connectivity index (χ0v) is 10.9. The summed E-state index contributed by atoms with van der Waals surface area (Å²) in [6.07, 6.45) is 0. The molecule has 0 aliphatic carbocycles. The zero-order valence-electron chi connectivity index (χ0n) is 10.9. The first-order chi connectivity index (χ1) is 8.06. The molecule has 0 amide bonds. The minimum Gasteiger partial charge on any atom is -0.379 e. The van der Waals surface area contributed by atoms with Gasteiger partial charge in [0.05, 0.1) is 6.61 Å². The van der Waals surface area contributed by atoms with Crippen molar-refractivity contribution in [2.75, 3.05) is 13.2 Å². The summed E-state index contributed by atoms with van der Waals surface area (Å²) >= 11 is 0. The summed E-state index contributed by atoms with van der Waals surface area (Å²) in [5.41, 5.74) is 7.12. The van der Waals surface area contributed by atoms with Crippen LogP contribution in [-0.2, 0) is 17.8 Å². The predicted octanol–water partition coefficient (Wildman–Crippen LogP) is 1.29. The van der Waals surface area contributed by atoms with Gasteiger partial charge in [0.2, 0.25) is 0 Å². The van der Waals surface area contributed by atoms with Crippen LogP contribution in [0.1, 0.15) is 25.1 Å². The molecule has 4 nitrogen and oxygen atoms in total. The monoisotopic (exact) mass is 238 g/mol. The third kappa shape index (κ3) is 3.98. The lowest BCUT2D eigenvalue weighted by Gasteiger charge is -2.12. The summed E-state index contributed by atoms with van der Waals surface area (Å²) in [4.78, 5) is 12.0. The molecular weight excluding hydrogens is 216 g/mol. The van der Waals surface area contributed by atoms with Gasteiger partial charge in [0, 0.05) is 31.0 Å². The van der Waals surface area contributed by atoms with Crippen molar-refractivity contribution in [1.29, 1.82) is 0 Å². The van der Waals surface area contributed by atoms with E-state index in [0.717, 1.165) is 12.3 Å². The van der Waals surface area contributed by atoms with E-state index < -0.39 is 0 Å². The number of pyridine rings is 1. The molecule has 1 rings (SSSR count). The number of aromatic nitrogens is 1. The Morgan fingerprint density at radius 1 is 1.41 bits per heavy atom. The molecule has 0 saturated carbocycles. The molecule has 17 heavy (non-hydrogen) atoms.